The number of aliphatic carboxylic acids is 1. The van der Waals surface area contributed by atoms with Crippen LogP contribution in [0.25, 0.3) is 0 Å². The van der Waals surface area contributed by atoms with Crippen molar-refractivity contribution in [2.75, 3.05) is 19.7 Å². The van der Waals surface area contributed by atoms with Gasteiger partial charge in [-0.2, -0.15) is 0 Å². The summed E-state index contributed by atoms with van der Waals surface area (Å²) in [6, 6.07) is -0.409. The maximum absolute atomic E-state index is 12.3. The number of nitrogens with zero attached hydrogens (tertiary/aromatic N) is 2. The van der Waals surface area contributed by atoms with Crippen molar-refractivity contribution in [1.29, 1.82) is 0 Å². The van der Waals surface area contributed by atoms with E-state index in [9.17, 15) is 24.6 Å². The van der Waals surface area contributed by atoms with Crippen molar-refractivity contribution in [3.8, 4) is 0 Å². The molecule has 2 amide bonds. The molecule has 0 bridgehead atoms. The normalized spacial score (nSPS) is 29.6. The van der Waals surface area contributed by atoms with Crippen LogP contribution in [0.4, 0.5) is 4.79 Å². The molecule has 3 heterocycles. The molecular weight excluding hydrogens is 316 g/mol. The summed E-state index contributed by atoms with van der Waals surface area (Å²) in [6.07, 6.45) is 0.503. The van der Waals surface area contributed by atoms with Crippen LogP contribution in [-0.2, 0) is 14.3 Å². The Morgan fingerprint density at radius 2 is 2.21 bits per heavy atom. The summed E-state index contributed by atoms with van der Waals surface area (Å²) < 4.78 is 5.04. The third kappa shape index (κ3) is 2.29. The third-order valence-corrected chi connectivity index (χ3v) is 4.97. The number of fused-ring (bicyclic) bond motifs is 3. The zero-order chi connectivity index (χ0) is 17.6. The molecule has 3 rings (SSSR count). The van der Waals surface area contributed by atoms with Crippen molar-refractivity contribution >= 4 is 18.0 Å². The smallest absolute Gasteiger partial charge is 0.410 e. The molecule has 0 aliphatic carbocycles. The van der Waals surface area contributed by atoms with Crippen LogP contribution < -0.4 is 0 Å². The van der Waals surface area contributed by atoms with Crippen LogP contribution in [0.3, 0.4) is 0 Å². The highest BCUT2D eigenvalue weighted by atomic mass is 16.6. The topological polar surface area (TPSA) is 107 Å². The Morgan fingerprint density at radius 1 is 1.50 bits per heavy atom. The van der Waals surface area contributed by atoms with E-state index < -0.39 is 30.1 Å². The zero-order valence-electron chi connectivity index (χ0n) is 13.3. The molecule has 0 radical (unpaired) electrons. The first-order valence-electron chi connectivity index (χ1n) is 7.88. The summed E-state index contributed by atoms with van der Waals surface area (Å²) >= 11 is 0. The number of carboxylic acids is 1. The van der Waals surface area contributed by atoms with Crippen LogP contribution in [0.1, 0.15) is 13.3 Å². The molecule has 8 nitrogen and oxygen atoms in total. The van der Waals surface area contributed by atoms with Gasteiger partial charge in [0.15, 0.2) is 0 Å². The third-order valence-electron chi connectivity index (χ3n) is 4.97. The van der Waals surface area contributed by atoms with Crippen LogP contribution in [-0.4, -0.2) is 69.8 Å². The second-order valence-corrected chi connectivity index (χ2v) is 6.31. The molecule has 0 spiro atoms. The fourth-order valence-corrected chi connectivity index (χ4v) is 3.98. The molecule has 0 saturated carbocycles. The Labute approximate surface area is 139 Å². The number of ether oxygens (including phenoxy) is 1. The standard InChI is InChI=1S/C16H20N2O6/c1-3-6-24-16(23)17-5-4-9-10(7-17)12-11(8(2)19)14(20)18(12)13(9)15(21)22/h3,8,10-12,19H,1,4-7H2,2H3,(H,21,22)/t8-,10-,11-,12-/m1/s1. The van der Waals surface area contributed by atoms with Gasteiger partial charge in [0.05, 0.1) is 18.1 Å². The second kappa shape index (κ2) is 5.94. The monoisotopic (exact) mass is 336 g/mol. The molecule has 0 aromatic carbocycles. The Kier molecular flexibility index (Phi) is 4.08. The Bertz CT molecular complexity index is 640. The number of carboxylic acid groups (broad SMARTS) is 1. The van der Waals surface area contributed by atoms with Crippen molar-refractivity contribution in [3.63, 3.8) is 0 Å². The number of hydrogen-bond acceptors (Lipinski definition) is 5. The van der Waals surface area contributed by atoms with Gasteiger partial charge in [0.25, 0.3) is 0 Å². The minimum absolute atomic E-state index is 0.0195. The number of carbonyl (C=O) groups excluding carboxylic acids is 2. The summed E-state index contributed by atoms with van der Waals surface area (Å²) in [7, 11) is 0. The highest BCUT2D eigenvalue weighted by molar-refractivity contribution is 6.00. The van der Waals surface area contributed by atoms with Crippen LogP contribution in [0.15, 0.2) is 23.9 Å². The molecule has 2 N–H and O–H groups in total. The molecule has 130 valence electrons. The van der Waals surface area contributed by atoms with E-state index in [-0.39, 0.29) is 30.7 Å². The highest BCUT2D eigenvalue weighted by Gasteiger charge is 2.61. The molecule has 0 unspecified atom stereocenters. The Hall–Kier alpha value is -2.35. The van der Waals surface area contributed by atoms with Crippen molar-refractivity contribution < 1.29 is 29.3 Å². The van der Waals surface area contributed by atoms with Gasteiger partial charge in [-0.05, 0) is 18.9 Å². The number of β-lactam (4-membered cyclic amide) rings is 1. The Balaban J connectivity index is 1.85. The molecule has 3 aliphatic rings. The summed E-state index contributed by atoms with van der Waals surface area (Å²) in [5.74, 6) is -2.42. The average molecular weight is 336 g/mol. The maximum atomic E-state index is 12.3. The van der Waals surface area contributed by atoms with Crippen LogP contribution in [0, 0.1) is 11.8 Å². The molecule has 24 heavy (non-hydrogen) atoms. The molecule has 0 aromatic heterocycles. The fourth-order valence-electron chi connectivity index (χ4n) is 3.98. The fraction of sp³-hybridized carbons (Fsp3) is 0.562. The minimum atomic E-state index is -1.14. The second-order valence-electron chi connectivity index (χ2n) is 6.31. The van der Waals surface area contributed by atoms with Crippen molar-refractivity contribution in [1.82, 2.24) is 9.80 Å². The van der Waals surface area contributed by atoms with Crippen molar-refractivity contribution in [2.24, 2.45) is 11.8 Å². The largest absolute Gasteiger partial charge is 0.477 e. The first kappa shape index (κ1) is 16.5. The first-order chi connectivity index (χ1) is 11.4. The van der Waals surface area contributed by atoms with E-state index in [0.717, 1.165) is 0 Å². The van der Waals surface area contributed by atoms with E-state index in [0.29, 0.717) is 18.5 Å². The van der Waals surface area contributed by atoms with Crippen LogP contribution in [0.2, 0.25) is 0 Å². The van der Waals surface area contributed by atoms with Gasteiger partial charge in [0, 0.05) is 19.0 Å². The van der Waals surface area contributed by atoms with E-state index in [1.807, 2.05) is 0 Å². The summed E-state index contributed by atoms with van der Waals surface area (Å²) in [6.45, 7) is 5.74. The number of aliphatic hydroxyl groups excluding tert-OH is 1. The van der Waals surface area contributed by atoms with E-state index in [4.69, 9.17) is 4.74 Å². The number of rotatable bonds is 4. The van der Waals surface area contributed by atoms with Crippen molar-refractivity contribution in [3.05, 3.63) is 23.9 Å². The number of carbonyl (C=O) groups is 3. The van der Waals surface area contributed by atoms with Gasteiger partial charge in [-0.1, -0.05) is 12.7 Å². The van der Waals surface area contributed by atoms with E-state index in [1.165, 1.54) is 22.8 Å². The number of amides is 2. The summed E-state index contributed by atoms with van der Waals surface area (Å²) in [5.41, 5.74) is 0.697. The van der Waals surface area contributed by atoms with Crippen LogP contribution >= 0.6 is 0 Å². The van der Waals surface area contributed by atoms with Gasteiger partial charge in [-0.3, -0.25) is 4.79 Å². The van der Waals surface area contributed by atoms with E-state index in [2.05, 4.69) is 6.58 Å². The lowest BCUT2D eigenvalue weighted by molar-refractivity contribution is -0.163. The minimum Gasteiger partial charge on any atom is -0.477 e. The van der Waals surface area contributed by atoms with Gasteiger partial charge in [-0.15, -0.1) is 0 Å². The zero-order valence-corrected chi connectivity index (χ0v) is 13.3. The van der Waals surface area contributed by atoms with Gasteiger partial charge in [0.2, 0.25) is 5.91 Å². The number of piperidine rings is 1. The number of likely N-dealkylation sites (tertiary alicyclic amines) is 1. The lowest BCUT2D eigenvalue weighted by atomic mass is 9.75. The SMILES string of the molecule is C=CCOC(=O)N1CCC2=C(C(=O)O)N3C(=O)[C@H]([C@@H](C)O)[C@H]3[C@@H]2C1. The van der Waals surface area contributed by atoms with E-state index in [1.54, 1.807) is 0 Å². The summed E-state index contributed by atoms with van der Waals surface area (Å²) in [5, 5.41) is 19.3. The van der Waals surface area contributed by atoms with Gasteiger partial charge in [-0.25, -0.2) is 9.59 Å². The highest BCUT2D eigenvalue weighted by Crippen LogP contribution is 2.49. The number of aliphatic hydroxyl groups is 1. The molecule has 2 fully saturated rings. The Morgan fingerprint density at radius 3 is 2.79 bits per heavy atom. The number of hydrogen-bond donors (Lipinski definition) is 2. The predicted molar refractivity (Wildman–Crippen MR) is 81.7 cm³/mol. The predicted octanol–water partition coefficient (Wildman–Crippen LogP) is 0.191. The van der Waals surface area contributed by atoms with Crippen LogP contribution in [0.5, 0.6) is 0 Å². The molecule has 0 aromatic rings. The molecule has 2 saturated heterocycles. The van der Waals surface area contributed by atoms with Gasteiger partial charge in [0.1, 0.15) is 12.3 Å². The lowest BCUT2D eigenvalue weighted by Gasteiger charge is -2.48. The first-order valence-corrected chi connectivity index (χ1v) is 7.88. The maximum Gasteiger partial charge on any atom is 0.410 e. The van der Waals surface area contributed by atoms with E-state index >= 15 is 0 Å². The lowest BCUT2D eigenvalue weighted by Crippen LogP contribution is -2.65. The molecule has 4 atom stereocenters. The average Bonchev–Trinajstić information content (AvgIpc) is 2.82. The molecule has 3 aliphatic heterocycles. The quantitative estimate of drug-likeness (QED) is 0.561. The molecular formula is C16H20N2O6. The van der Waals surface area contributed by atoms with Gasteiger partial charge >= 0.3 is 12.1 Å². The van der Waals surface area contributed by atoms with Crippen molar-refractivity contribution in [2.45, 2.75) is 25.5 Å². The molecule has 8 heteroatoms. The summed E-state index contributed by atoms with van der Waals surface area (Å²) in [4.78, 5) is 38.7. The van der Waals surface area contributed by atoms with Gasteiger partial charge < -0.3 is 24.7 Å².